The van der Waals surface area contributed by atoms with Crippen LogP contribution in [0.3, 0.4) is 0 Å². The summed E-state index contributed by atoms with van der Waals surface area (Å²) in [6.07, 6.45) is 6.96. The molecule has 3 rings (SSSR count). The summed E-state index contributed by atoms with van der Waals surface area (Å²) >= 11 is 0. The lowest BCUT2D eigenvalue weighted by Gasteiger charge is -2.22. The van der Waals surface area contributed by atoms with E-state index in [4.69, 9.17) is 4.74 Å². The van der Waals surface area contributed by atoms with Gasteiger partial charge in [0.2, 0.25) is 5.91 Å². The van der Waals surface area contributed by atoms with Crippen molar-refractivity contribution >= 4 is 11.9 Å². The Bertz CT molecular complexity index is 718. The quantitative estimate of drug-likeness (QED) is 0.650. The van der Waals surface area contributed by atoms with Crippen LogP contribution in [0.1, 0.15) is 31.7 Å². The molecule has 0 spiro atoms. The Kier molecular flexibility index (Phi) is 6.10. The Labute approximate surface area is 154 Å². The van der Waals surface area contributed by atoms with Crippen LogP contribution in [-0.2, 0) is 20.7 Å². The summed E-state index contributed by atoms with van der Waals surface area (Å²) < 4.78 is 7.01. The average molecular weight is 354 g/mol. The maximum absolute atomic E-state index is 12.7. The number of carbonyl (C=O) groups is 2. The molecule has 1 aromatic heterocycles. The van der Waals surface area contributed by atoms with E-state index < -0.39 is 0 Å². The van der Waals surface area contributed by atoms with Crippen molar-refractivity contribution in [2.24, 2.45) is 5.92 Å². The molecule has 0 radical (unpaired) electrons. The van der Waals surface area contributed by atoms with Crippen molar-refractivity contribution in [2.45, 2.75) is 32.6 Å². The number of benzene rings is 1. The fraction of sp³-hybridized carbons (Fsp3) is 0.429. The van der Waals surface area contributed by atoms with Gasteiger partial charge in [-0.15, -0.1) is 0 Å². The van der Waals surface area contributed by atoms with Crippen molar-refractivity contribution in [1.82, 2.24) is 9.47 Å². The summed E-state index contributed by atoms with van der Waals surface area (Å²) in [5.41, 5.74) is 2.06. The number of nitrogens with zero attached hydrogens (tertiary/aromatic N) is 2. The van der Waals surface area contributed by atoms with Crippen molar-refractivity contribution in [1.29, 1.82) is 0 Å². The van der Waals surface area contributed by atoms with Crippen LogP contribution in [0.4, 0.5) is 0 Å². The van der Waals surface area contributed by atoms with Crippen LogP contribution in [-0.4, -0.2) is 41.0 Å². The summed E-state index contributed by atoms with van der Waals surface area (Å²) in [6.45, 7) is 3.36. The minimum absolute atomic E-state index is 0.0786. The van der Waals surface area contributed by atoms with Crippen molar-refractivity contribution in [3.8, 4) is 5.69 Å². The Hall–Kier alpha value is -2.56. The molecule has 1 amide bonds. The molecule has 0 atom stereocenters. The molecule has 1 heterocycles. The minimum atomic E-state index is -0.239. The van der Waals surface area contributed by atoms with Crippen molar-refractivity contribution < 1.29 is 14.3 Å². The lowest BCUT2D eigenvalue weighted by Crippen LogP contribution is -2.36. The van der Waals surface area contributed by atoms with E-state index in [1.807, 2.05) is 58.3 Å². The Morgan fingerprint density at radius 3 is 2.46 bits per heavy atom. The van der Waals surface area contributed by atoms with E-state index in [0.717, 1.165) is 17.8 Å². The Morgan fingerprint density at radius 2 is 1.85 bits per heavy atom. The average Bonchev–Trinajstić information content (AvgIpc) is 3.29. The topological polar surface area (TPSA) is 51.5 Å². The molecule has 5 heteroatoms. The number of rotatable bonds is 9. The van der Waals surface area contributed by atoms with Gasteiger partial charge in [0.25, 0.3) is 0 Å². The molecule has 1 aromatic carbocycles. The fourth-order valence-corrected chi connectivity index (χ4v) is 2.97. The predicted octanol–water partition coefficient (Wildman–Crippen LogP) is 3.21. The zero-order chi connectivity index (χ0) is 18.4. The minimum Gasteiger partial charge on any atom is -0.466 e. The van der Waals surface area contributed by atoms with Gasteiger partial charge in [-0.2, -0.15) is 0 Å². The number of esters is 1. The fourth-order valence-electron chi connectivity index (χ4n) is 2.97. The monoisotopic (exact) mass is 354 g/mol. The second kappa shape index (κ2) is 8.70. The van der Waals surface area contributed by atoms with Gasteiger partial charge in [0, 0.05) is 31.2 Å². The molecule has 2 aromatic rings. The summed E-state index contributed by atoms with van der Waals surface area (Å²) in [4.78, 5) is 26.2. The standard InChI is InChI=1S/C21H26N2O3/c1-2-26-21(25)11-14-23(16-18-5-6-18)20(24)15-17-7-9-19(10-8-17)22-12-3-4-13-22/h3-4,7-10,12-13,18H,2,5-6,11,14-16H2,1H3. The van der Waals surface area contributed by atoms with Gasteiger partial charge < -0.3 is 14.2 Å². The third kappa shape index (κ3) is 5.22. The lowest BCUT2D eigenvalue weighted by atomic mass is 10.1. The number of ether oxygens (including phenoxy) is 1. The van der Waals surface area contributed by atoms with Crippen LogP contribution >= 0.6 is 0 Å². The first kappa shape index (κ1) is 18.2. The van der Waals surface area contributed by atoms with Crippen molar-refractivity contribution in [3.63, 3.8) is 0 Å². The SMILES string of the molecule is CCOC(=O)CCN(CC1CC1)C(=O)Cc1ccc(-n2cccc2)cc1. The van der Waals surface area contributed by atoms with Gasteiger partial charge in [-0.25, -0.2) is 0 Å². The first-order valence-corrected chi connectivity index (χ1v) is 9.31. The van der Waals surface area contributed by atoms with Crippen LogP contribution < -0.4 is 0 Å². The molecular formula is C21H26N2O3. The largest absolute Gasteiger partial charge is 0.466 e. The molecule has 0 N–H and O–H groups in total. The number of amides is 1. The Balaban J connectivity index is 1.58. The third-order valence-electron chi connectivity index (χ3n) is 4.61. The molecule has 1 fully saturated rings. The van der Waals surface area contributed by atoms with Gasteiger partial charge in [0.1, 0.15) is 0 Å². The molecule has 138 valence electrons. The van der Waals surface area contributed by atoms with Crippen molar-refractivity contribution in [2.75, 3.05) is 19.7 Å². The predicted molar refractivity (Wildman–Crippen MR) is 100 cm³/mol. The third-order valence-corrected chi connectivity index (χ3v) is 4.61. The molecule has 1 saturated carbocycles. The normalized spacial score (nSPS) is 13.4. The number of hydrogen-bond donors (Lipinski definition) is 0. The van der Waals surface area contributed by atoms with Crippen LogP contribution in [0.15, 0.2) is 48.8 Å². The molecule has 1 aliphatic carbocycles. The van der Waals surface area contributed by atoms with Crippen LogP contribution in [0.2, 0.25) is 0 Å². The van der Waals surface area contributed by atoms with Gasteiger partial charge in [0.05, 0.1) is 19.4 Å². The first-order valence-electron chi connectivity index (χ1n) is 9.31. The Morgan fingerprint density at radius 1 is 1.15 bits per heavy atom. The molecule has 0 saturated heterocycles. The molecule has 1 aliphatic rings. The maximum Gasteiger partial charge on any atom is 0.307 e. The van der Waals surface area contributed by atoms with E-state index in [0.29, 0.717) is 25.5 Å². The highest BCUT2D eigenvalue weighted by atomic mass is 16.5. The molecule has 0 unspecified atom stereocenters. The summed E-state index contributed by atoms with van der Waals surface area (Å²) in [5.74, 6) is 0.435. The highest BCUT2D eigenvalue weighted by Crippen LogP contribution is 2.30. The van der Waals surface area contributed by atoms with E-state index >= 15 is 0 Å². The van der Waals surface area contributed by atoms with Gasteiger partial charge in [0.15, 0.2) is 0 Å². The van der Waals surface area contributed by atoms with Gasteiger partial charge >= 0.3 is 5.97 Å². The smallest absolute Gasteiger partial charge is 0.307 e. The highest BCUT2D eigenvalue weighted by Gasteiger charge is 2.27. The first-order chi connectivity index (χ1) is 12.7. The van der Waals surface area contributed by atoms with Gasteiger partial charge in [-0.05, 0) is 55.5 Å². The number of hydrogen-bond acceptors (Lipinski definition) is 3. The molecule has 5 nitrogen and oxygen atoms in total. The van der Waals surface area contributed by atoms with E-state index in [9.17, 15) is 9.59 Å². The molecule has 0 aliphatic heterocycles. The zero-order valence-electron chi connectivity index (χ0n) is 15.3. The molecule has 26 heavy (non-hydrogen) atoms. The second-order valence-electron chi connectivity index (χ2n) is 6.77. The van der Waals surface area contributed by atoms with Crippen molar-refractivity contribution in [3.05, 3.63) is 54.4 Å². The maximum atomic E-state index is 12.7. The second-order valence-corrected chi connectivity index (χ2v) is 6.77. The highest BCUT2D eigenvalue weighted by molar-refractivity contribution is 5.79. The van der Waals surface area contributed by atoms with E-state index in [1.54, 1.807) is 6.92 Å². The van der Waals surface area contributed by atoms with Crippen LogP contribution in [0.25, 0.3) is 5.69 Å². The molecule has 0 bridgehead atoms. The van der Waals surface area contributed by atoms with E-state index in [2.05, 4.69) is 0 Å². The molecular weight excluding hydrogens is 328 g/mol. The van der Waals surface area contributed by atoms with E-state index in [1.165, 1.54) is 12.8 Å². The van der Waals surface area contributed by atoms with Gasteiger partial charge in [-0.3, -0.25) is 9.59 Å². The van der Waals surface area contributed by atoms with Crippen LogP contribution in [0, 0.1) is 5.92 Å². The number of carbonyl (C=O) groups excluding carboxylic acids is 2. The lowest BCUT2D eigenvalue weighted by molar-refractivity contribution is -0.144. The summed E-state index contributed by atoms with van der Waals surface area (Å²) in [5, 5.41) is 0. The van der Waals surface area contributed by atoms with Crippen LogP contribution in [0.5, 0.6) is 0 Å². The zero-order valence-corrected chi connectivity index (χ0v) is 15.3. The van der Waals surface area contributed by atoms with Gasteiger partial charge in [-0.1, -0.05) is 12.1 Å². The van der Waals surface area contributed by atoms with E-state index in [-0.39, 0.29) is 18.3 Å². The number of aromatic nitrogens is 1. The summed E-state index contributed by atoms with van der Waals surface area (Å²) in [6, 6.07) is 12.0. The summed E-state index contributed by atoms with van der Waals surface area (Å²) in [7, 11) is 0.